The number of benzene rings is 2. The molecule has 2 aromatic heterocycles. The molecule has 0 aliphatic heterocycles. The first-order valence-corrected chi connectivity index (χ1v) is 14.2. The fourth-order valence-electron chi connectivity index (χ4n) is 4.90. The molecule has 9 nitrogen and oxygen atoms in total. The SMILES string of the molecule is CN(C)C1CCC(Nc2ncc3cc(-c4c(F)ccc(NS(=O)(=O)c5cncc(C#N)c5)c4F)ccc3n2)CC1. The molecular weight excluding hydrogens is 536 g/mol. The van der Waals surface area contributed by atoms with Crippen LogP contribution in [0.5, 0.6) is 0 Å². The predicted molar refractivity (Wildman–Crippen MR) is 148 cm³/mol. The Hall–Kier alpha value is -4.21. The van der Waals surface area contributed by atoms with Crippen molar-refractivity contribution in [1.82, 2.24) is 19.9 Å². The number of fused-ring (bicyclic) bond motifs is 1. The van der Waals surface area contributed by atoms with Crippen molar-refractivity contribution in [1.29, 1.82) is 5.26 Å². The summed E-state index contributed by atoms with van der Waals surface area (Å²) in [5.74, 6) is -1.45. The summed E-state index contributed by atoms with van der Waals surface area (Å²) in [4.78, 5) is 14.6. The quantitative estimate of drug-likeness (QED) is 0.325. The van der Waals surface area contributed by atoms with E-state index in [-0.39, 0.29) is 22.1 Å². The zero-order chi connectivity index (χ0) is 28.4. The number of nitrogens with zero attached hydrogens (tertiary/aromatic N) is 5. The molecule has 1 saturated carbocycles. The zero-order valence-electron chi connectivity index (χ0n) is 21.9. The van der Waals surface area contributed by atoms with Crippen molar-refractivity contribution >= 4 is 32.6 Å². The summed E-state index contributed by atoms with van der Waals surface area (Å²) >= 11 is 0. The molecule has 0 radical (unpaired) electrons. The Labute approximate surface area is 231 Å². The zero-order valence-corrected chi connectivity index (χ0v) is 22.7. The summed E-state index contributed by atoms with van der Waals surface area (Å²) in [5, 5.41) is 13.0. The Bertz CT molecular complexity index is 1720. The number of sulfonamides is 1. The number of hydrogen-bond acceptors (Lipinski definition) is 8. The Morgan fingerprint density at radius 3 is 2.52 bits per heavy atom. The number of nitriles is 1. The average Bonchev–Trinajstić information content (AvgIpc) is 2.95. The standard InChI is InChI=1S/C28H27F2N7O2S/c1-37(2)21-6-4-20(5-7-21)34-28-33-15-19-12-18(3-9-24(19)35-28)26-23(29)8-10-25(27(26)30)36-40(38,39)22-11-17(13-31)14-32-16-22/h3,8-12,14-16,20-21,36H,4-7H2,1-2H3,(H,33,34,35). The number of rotatable bonds is 7. The van der Waals surface area contributed by atoms with Crippen LogP contribution in [0.25, 0.3) is 22.0 Å². The normalized spacial score (nSPS) is 17.5. The molecule has 0 spiro atoms. The number of pyridine rings is 1. The van der Waals surface area contributed by atoms with Crippen LogP contribution in [-0.4, -0.2) is 54.4 Å². The third-order valence-corrected chi connectivity index (χ3v) is 8.45. The summed E-state index contributed by atoms with van der Waals surface area (Å²) in [6.07, 6.45) is 8.05. The van der Waals surface area contributed by atoms with Crippen LogP contribution in [0.15, 0.2) is 59.9 Å². The van der Waals surface area contributed by atoms with E-state index >= 15 is 4.39 Å². The maximum atomic E-state index is 15.5. The molecule has 0 atom stereocenters. The minimum absolute atomic E-state index is 0.0246. The minimum Gasteiger partial charge on any atom is -0.351 e. The van der Waals surface area contributed by atoms with E-state index in [9.17, 15) is 12.8 Å². The molecule has 4 aromatic rings. The van der Waals surface area contributed by atoms with Gasteiger partial charge in [-0.3, -0.25) is 9.71 Å². The summed E-state index contributed by atoms with van der Waals surface area (Å²) in [5.41, 5.74) is -0.0186. The van der Waals surface area contributed by atoms with Gasteiger partial charge in [-0.2, -0.15) is 5.26 Å². The van der Waals surface area contributed by atoms with E-state index in [4.69, 9.17) is 5.26 Å². The van der Waals surface area contributed by atoms with E-state index in [0.717, 1.165) is 50.1 Å². The molecule has 0 unspecified atom stereocenters. The van der Waals surface area contributed by atoms with E-state index in [2.05, 4.69) is 44.0 Å². The second-order valence-corrected chi connectivity index (χ2v) is 11.7. The smallest absolute Gasteiger partial charge is 0.263 e. The van der Waals surface area contributed by atoms with Crippen LogP contribution in [0.1, 0.15) is 31.2 Å². The van der Waals surface area contributed by atoms with E-state index in [1.54, 1.807) is 24.4 Å². The van der Waals surface area contributed by atoms with Crippen molar-refractivity contribution in [3.8, 4) is 17.2 Å². The fraction of sp³-hybridized carbons (Fsp3) is 0.286. The van der Waals surface area contributed by atoms with Gasteiger partial charge in [-0.15, -0.1) is 0 Å². The Morgan fingerprint density at radius 1 is 1.02 bits per heavy atom. The Kier molecular flexibility index (Phi) is 7.60. The topological polar surface area (TPSA) is 124 Å². The highest BCUT2D eigenvalue weighted by Crippen LogP contribution is 2.33. The lowest BCUT2D eigenvalue weighted by atomic mass is 9.91. The van der Waals surface area contributed by atoms with Crippen molar-refractivity contribution in [2.45, 2.75) is 42.7 Å². The number of hydrogen-bond donors (Lipinski definition) is 2. The average molecular weight is 564 g/mol. The van der Waals surface area contributed by atoms with Crippen molar-refractivity contribution in [2.24, 2.45) is 0 Å². The largest absolute Gasteiger partial charge is 0.351 e. The van der Waals surface area contributed by atoms with Crippen LogP contribution in [0.3, 0.4) is 0 Å². The summed E-state index contributed by atoms with van der Waals surface area (Å²) in [6, 6.07) is 10.5. The maximum Gasteiger partial charge on any atom is 0.263 e. The molecule has 0 amide bonds. The minimum atomic E-state index is -4.29. The van der Waals surface area contributed by atoms with Crippen LogP contribution in [0.4, 0.5) is 20.4 Å². The molecule has 12 heteroatoms. The number of nitrogens with one attached hydrogen (secondary N) is 2. The van der Waals surface area contributed by atoms with Gasteiger partial charge in [0.1, 0.15) is 16.8 Å². The molecule has 40 heavy (non-hydrogen) atoms. The lowest BCUT2D eigenvalue weighted by Gasteiger charge is -2.32. The third kappa shape index (κ3) is 5.71. The van der Waals surface area contributed by atoms with Crippen LogP contribution >= 0.6 is 0 Å². The molecule has 2 N–H and O–H groups in total. The first-order chi connectivity index (χ1) is 19.1. The molecule has 206 valence electrons. The number of aromatic nitrogens is 3. The highest BCUT2D eigenvalue weighted by molar-refractivity contribution is 7.92. The van der Waals surface area contributed by atoms with Gasteiger partial charge in [0.25, 0.3) is 10.0 Å². The van der Waals surface area contributed by atoms with Crippen molar-refractivity contribution in [3.05, 3.63) is 72.2 Å². The molecule has 2 heterocycles. The molecule has 0 saturated heterocycles. The van der Waals surface area contributed by atoms with Gasteiger partial charge in [-0.05, 0) is 75.7 Å². The van der Waals surface area contributed by atoms with Crippen LogP contribution in [0, 0.1) is 23.0 Å². The molecule has 1 aliphatic rings. The monoisotopic (exact) mass is 563 g/mol. The number of anilines is 2. The molecule has 5 rings (SSSR count). The van der Waals surface area contributed by atoms with Gasteiger partial charge in [0.15, 0.2) is 5.82 Å². The lowest BCUT2D eigenvalue weighted by Crippen LogP contribution is -2.36. The number of halogens is 2. The summed E-state index contributed by atoms with van der Waals surface area (Å²) in [6.45, 7) is 0. The summed E-state index contributed by atoms with van der Waals surface area (Å²) in [7, 11) is -0.100. The highest BCUT2D eigenvalue weighted by atomic mass is 32.2. The lowest BCUT2D eigenvalue weighted by molar-refractivity contribution is 0.221. The second kappa shape index (κ2) is 11.1. The van der Waals surface area contributed by atoms with Gasteiger partial charge >= 0.3 is 0 Å². The molecule has 2 aromatic carbocycles. The van der Waals surface area contributed by atoms with E-state index < -0.39 is 32.9 Å². The van der Waals surface area contributed by atoms with Crippen molar-refractivity contribution in [2.75, 3.05) is 24.1 Å². The third-order valence-electron chi connectivity index (χ3n) is 7.12. The van der Waals surface area contributed by atoms with Gasteiger partial charge in [0.2, 0.25) is 5.95 Å². The molecular formula is C28H27F2N7O2S. The van der Waals surface area contributed by atoms with Gasteiger partial charge in [0.05, 0.1) is 22.3 Å². The van der Waals surface area contributed by atoms with Crippen LogP contribution in [0.2, 0.25) is 0 Å². The first kappa shape index (κ1) is 27.4. The molecule has 1 aliphatic carbocycles. The van der Waals surface area contributed by atoms with Crippen molar-refractivity contribution in [3.63, 3.8) is 0 Å². The highest BCUT2D eigenvalue weighted by Gasteiger charge is 2.24. The van der Waals surface area contributed by atoms with Gasteiger partial charge in [0, 0.05) is 36.1 Å². The van der Waals surface area contributed by atoms with E-state index in [1.165, 1.54) is 12.3 Å². The second-order valence-electron chi connectivity index (χ2n) is 9.99. The van der Waals surface area contributed by atoms with Gasteiger partial charge in [-0.1, -0.05) is 6.07 Å². The van der Waals surface area contributed by atoms with Crippen LogP contribution in [-0.2, 0) is 10.0 Å². The van der Waals surface area contributed by atoms with E-state index in [0.29, 0.717) is 22.9 Å². The Morgan fingerprint density at radius 2 is 1.80 bits per heavy atom. The van der Waals surface area contributed by atoms with Crippen LogP contribution < -0.4 is 10.0 Å². The molecule has 1 fully saturated rings. The van der Waals surface area contributed by atoms with E-state index in [1.807, 2.05) is 0 Å². The maximum absolute atomic E-state index is 15.5. The Balaban J connectivity index is 1.39. The van der Waals surface area contributed by atoms with Gasteiger partial charge < -0.3 is 10.2 Å². The first-order valence-electron chi connectivity index (χ1n) is 12.7. The van der Waals surface area contributed by atoms with Gasteiger partial charge in [-0.25, -0.2) is 27.2 Å². The summed E-state index contributed by atoms with van der Waals surface area (Å²) < 4.78 is 58.1. The molecule has 0 bridgehead atoms. The van der Waals surface area contributed by atoms with Crippen molar-refractivity contribution < 1.29 is 17.2 Å². The fourth-order valence-corrected chi connectivity index (χ4v) is 5.95. The predicted octanol–water partition coefficient (Wildman–Crippen LogP) is 4.93.